The molecule has 0 fully saturated rings. The predicted octanol–water partition coefficient (Wildman–Crippen LogP) is 2.65. The van der Waals surface area contributed by atoms with Gasteiger partial charge in [-0.1, -0.05) is 0 Å². The summed E-state index contributed by atoms with van der Waals surface area (Å²) in [7, 11) is 0. The lowest BCUT2D eigenvalue weighted by molar-refractivity contribution is 0.131. The zero-order valence-electron chi connectivity index (χ0n) is 9.03. The number of rotatable bonds is 2. The van der Waals surface area contributed by atoms with Gasteiger partial charge in [-0.15, -0.1) is 0 Å². The van der Waals surface area contributed by atoms with Crippen molar-refractivity contribution in [1.29, 1.82) is 0 Å². The number of carbonyl (C=O) groups excluding carboxylic acids is 1. The summed E-state index contributed by atoms with van der Waals surface area (Å²) in [5, 5.41) is 0. The average molecular weight is 208 g/mol. The average Bonchev–Trinajstić information content (AvgIpc) is 2.05. The van der Waals surface area contributed by atoms with Crippen LogP contribution in [0.4, 0.5) is 4.79 Å². The van der Waals surface area contributed by atoms with Crippen molar-refractivity contribution in [2.45, 2.75) is 26.4 Å². The molecule has 0 aliphatic rings. The number of hydrogen-bond acceptors (Lipinski definition) is 3. The van der Waals surface area contributed by atoms with Crippen molar-refractivity contribution in [3.05, 3.63) is 24.3 Å². The Morgan fingerprint density at radius 3 is 2.00 bits per heavy atom. The minimum atomic E-state index is -1.07. The molecule has 1 amide bonds. The topological polar surface area (TPSA) is 59.3 Å². The number of carbonyl (C=O) groups is 1. The molecular weight excluding hydrogens is 194 g/mol. The van der Waals surface area contributed by atoms with E-state index in [1.807, 2.05) is 20.8 Å². The van der Waals surface area contributed by atoms with E-state index >= 15 is 0 Å². The smallest absolute Gasteiger partial charge is 0.431 e. The molecular formula is C11H14NO3. The number of nitrogens with one attached hydrogen (secondary N) is 1. The summed E-state index contributed by atoms with van der Waals surface area (Å²) < 4.78 is 10.1. The normalized spacial score (nSPS) is 10.9. The largest absolute Gasteiger partial charge is 0.488 e. The third-order valence-electron chi connectivity index (χ3n) is 1.46. The van der Waals surface area contributed by atoms with Crippen molar-refractivity contribution in [3.63, 3.8) is 0 Å². The highest BCUT2D eigenvalue weighted by Gasteiger charge is 2.11. The maximum atomic E-state index is 10.3. The van der Waals surface area contributed by atoms with Gasteiger partial charge < -0.3 is 9.47 Å². The molecule has 0 aliphatic heterocycles. The second kappa shape index (κ2) is 4.21. The minimum Gasteiger partial charge on any atom is -0.488 e. The summed E-state index contributed by atoms with van der Waals surface area (Å²) in [4.78, 5) is 10.3. The summed E-state index contributed by atoms with van der Waals surface area (Å²) >= 11 is 0. The summed E-state index contributed by atoms with van der Waals surface area (Å²) in [6.07, 6.45) is -1.07. The molecule has 4 nitrogen and oxygen atoms in total. The summed E-state index contributed by atoms with van der Waals surface area (Å²) in [5.74, 6) is 1.04. The van der Waals surface area contributed by atoms with Crippen molar-refractivity contribution >= 4 is 6.09 Å². The Kier molecular flexibility index (Phi) is 3.19. The molecule has 0 atom stereocenters. The van der Waals surface area contributed by atoms with E-state index in [4.69, 9.17) is 10.5 Å². The van der Waals surface area contributed by atoms with Crippen LogP contribution in [-0.2, 0) is 0 Å². The molecule has 0 unspecified atom stereocenters. The van der Waals surface area contributed by atoms with Crippen molar-refractivity contribution in [2.24, 2.45) is 0 Å². The lowest BCUT2D eigenvalue weighted by atomic mass is 10.2. The van der Waals surface area contributed by atoms with Crippen LogP contribution in [-0.4, -0.2) is 11.7 Å². The third kappa shape index (κ3) is 4.35. The maximum Gasteiger partial charge on any atom is 0.431 e. The highest BCUT2D eigenvalue weighted by atomic mass is 16.5. The molecule has 0 aromatic heterocycles. The van der Waals surface area contributed by atoms with E-state index in [2.05, 4.69) is 4.74 Å². The van der Waals surface area contributed by atoms with Gasteiger partial charge in [0, 0.05) is 0 Å². The van der Waals surface area contributed by atoms with Gasteiger partial charge >= 0.3 is 6.09 Å². The van der Waals surface area contributed by atoms with E-state index in [0.717, 1.165) is 0 Å². The standard InChI is InChI=1S/C11H14NO3/c1-11(2,3)15-9-6-4-8(5-7-9)14-10(12)13/h4-7,12H,1-3H3. The Bertz CT molecular complexity index is 338. The first kappa shape index (κ1) is 11.4. The molecule has 0 heterocycles. The fourth-order valence-electron chi connectivity index (χ4n) is 1.04. The van der Waals surface area contributed by atoms with Gasteiger partial charge in [0.15, 0.2) is 0 Å². The fraction of sp³-hybridized carbons (Fsp3) is 0.364. The monoisotopic (exact) mass is 208 g/mol. The van der Waals surface area contributed by atoms with Gasteiger partial charge in [0.05, 0.1) is 0 Å². The Labute approximate surface area is 89.0 Å². The highest BCUT2D eigenvalue weighted by Crippen LogP contribution is 2.21. The number of benzene rings is 1. The summed E-state index contributed by atoms with van der Waals surface area (Å²) in [5.41, 5.74) is 6.36. The van der Waals surface area contributed by atoms with Crippen LogP contribution in [0.25, 0.3) is 0 Å². The number of amides is 1. The Morgan fingerprint density at radius 1 is 1.13 bits per heavy atom. The van der Waals surface area contributed by atoms with Crippen molar-refractivity contribution in [1.82, 2.24) is 5.73 Å². The van der Waals surface area contributed by atoms with E-state index in [1.165, 1.54) is 0 Å². The van der Waals surface area contributed by atoms with Crippen LogP contribution >= 0.6 is 0 Å². The van der Waals surface area contributed by atoms with Crippen molar-refractivity contribution in [2.75, 3.05) is 0 Å². The van der Waals surface area contributed by atoms with Gasteiger partial charge in [-0.05, 0) is 45.0 Å². The molecule has 1 radical (unpaired) electrons. The second-order valence-corrected chi connectivity index (χ2v) is 4.08. The first-order valence-electron chi connectivity index (χ1n) is 4.59. The van der Waals surface area contributed by atoms with E-state index in [1.54, 1.807) is 24.3 Å². The molecule has 15 heavy (non-hydrogen) atoms. The molecule has 1 aromatic carbocycles. The lowest BCUT2D eigenvalue weighted by Crippen LogP contribution is -2.22. The molecule has 0 spiro atoms. The van der Waals surface area contributed by atoms with Crippen LogP contribution in [0.5, 0.6) is 11.5 Å². The van der Waals surface area contributed by atoms with Crippen LogP contribution in [0, 0.1) is 0 Å². The van der Waals surface area contributed by atoms with Crippen molar-refractivity contribution in [3.8, 4) is 11.5 Å². The zero-order chi connectivity index (χ0) is 11.5. The molecule has 0 saturated carbocycles. The maximum absolute atomic E-state index is 10.3. The molecule has 0 bridgehead atoms. The molecule has 1 rings (SSSR count). The van der Waals surface area contributed by atoms with Gasteiger partial charge in [0.2, 0.25) is 0 Å². The zero-order valence-corrected chi connectivity index (χ0v) is 9.03. The number of hydrogen-bond donors (Lipinski definition) is 0. The van der Waals surface area contributed by atoms with Gasteiger partial charge in [0.25, 0.3) is 0 Å². The Hall–Kier alpha value is -1.71. The van der Waals surface area contributed by atoms with E-state index in [9.17, 15) is 4.79 Å². The molecule has 81 valence electrons. The summed E-state index contributed by atoms with van der Waals surface area (Å²) in [6.45, 7) is 5.85. The van der Waals surface area contributed by atoms with Gasteiger partial charge in [-0.25, -0.2) is 10.5 Å². The van der Waals surface area contributed by atoms with E-state index < -0.39 is 6.09 Å². The molecule has 0 saturated heterocycles. The fourth-order valence-corrected chi connectivity index (χ4v) is 1.04. The van der Waals surface area contributed by atoms with Crippen LogP contribution in [0.2, 0.25) is 0 Å². The Balaban J connectivity index is 2.68. The summed E-state index contributed by atoms with van der Waals surface area (Å²) in [6, 6.07) is 6.58. The third-order valence-corrected chi connectivity index (χ3v) is 1.46. The van der Waals surface area contributed by atoms with Crippen LogP contribution < -0.4 is 15.2 Å². The SMILES string of the molecule is CC(C)(C)Oc1ccc(OC([NH])=O)cc1. The second-order valence-electron chi connectivity index (χ2n) is 4.08. The van der Waals surface area contributed by atoms with Crippen molar-refractivity contribution < 1.29 is 14.3 Å². The minimum absolute atomic E-state index is 0.256. The molecule has 4 heteroatoms. The first-order chi connectivity index (χ1) is 6.87. The highest BCUT2D eigenvalue weighted by molar-refractivity contribution is 5.67. The van der Waals surface area contributed by atoms with E-state index in [-0.39, 0.29) is 5.60 Å². The quantitative estimate of drug-likeness (QED) is 0.750. The van der Waals surface area contributed by atoms with Crippen LogP contribution in [0.15, 0.2) is 24.3 Å². The first-order valence-corrected chi connectivity index (χ1v) is 4.59. The van der Waals surface area contributed by atoms with Gasteiger partial charge in [-0.3, -0.25) is 0 Å². The predicted molar refractivity (Wildman–Crippen MR) is 55.9 cm³/mol. The Morgan fingerprint density at radius 2 is 1.60 bits per heavy atom. The molecule has 0 aliphatic carbocycles. The van der Waals surface area contributed by atoms with Crippen LogP contribution in [0.1, 0.15) is 20.8 Å². The van der Waals surface area contributed by atoms with Crippen LogP contribution in [0.3, 0.4) is 0 Å². The van der Waals surface area contributed by atoms with E-state index in [0.29, 0.717) is 11.5 Å². The lowest BCUT2D eigenvalue weighted by Gasteiger charge is -2.21. The number of ether oxygens (including phenoxy) is 2. The molecule has 1 aromatic rings. The van der Waals surface area contributed by atoms with Gasteiger partial charge in [0.1, 0.15) is 17.1 Å². The molecule has 1 N–H and O–H groups in total. The van der Waals surface area contributed by atoms with Gasteiger partial charge in [-0.2, -0.15) is 0 Å².